The standard InChI is InChI=1S/C47H33N3OSi/c1-52(2)42-29-34(31-16-8-4-9-17-31)25-27-36(42)38-21-13-23-40(44(38)52)47-49-45(32-18-10-5-11-19-32)48-46(50-47)39-22-12-20-37-35-26-24-33(28-41(35)51-43(37)39)30-14-6-3-7-15-30/h3-29H,1-2H3. The van der Waals surface area contributed by atoms with Crippen LogP contribution in [0.25, 0.3) is 89.5 Å². The Labute approximate surface area is 303 Å². The van der Waals surface area contributed by atoms with Gasteiger partial charge in [0.25, 0.3) is 0 Å². The lowest BCUT2D eigenvalue weighted by Gasteiger charge is -2.22. The number of para-hydroxylation sites is 1. The van der Waals surface area contributed by atoms with Crippen molar-refractivity contribution in [2.24, 2.45) is 0 Å². The van der Waals surface area contributed by atoms with Crippen molar-refractivity contribution in [1.82, 2.24) is 15.0 Å². The van der Waals surface area contributed by atoms with Crippen LogP contribution in [0, 0.1) is 0 Å². The summed E-state index contributed by atoms with van der Waals surface area (Å²) in [5.74, 6) is 1.91. The zero-order chi connectivity index (χ0) is 34.8. The molecule has 0 unspecified atom stereocenters. The summed E-state index contributed by atoms with van der Waals surface area (Å²) in [6.07, 6.45) is 0. The van der Waals surface area contributed by atoms with E-state index in [1.54, 1.807) is 0 Å². The molecule has 0 bridgehead atoms. The second-order valence-electron chi connectivity index (χ2n) is 14.0. The molecule has 0 saturated carbocycles. The van der Waals surface area contributed by atoms with Crippen molar-refractivity contribution < 1.29 is 4.42 Å². The highest BCUT2D eigenvalue weighted by atomic mass is 28.3. The zero-order valence-electron chi connectivity index (χ0n) is 28.8. The predicted molar refractivity (Wildman–Crippen MR) is 216 cm³/mol. The highest BCUT2D eigenvalue weighted by Gasteiger charge is 2.40. The quantitative estimate of drug-likeness (QED) is 0.169. The monoisotopic (exact) mass is 683 g/mol. The summed E-state index contributed by atoms with van der Waals surface area (Å²) in [5, 5.41) is 4.90. The van der Waals surface area contributed by atoms with Crippen LogP contribution in [0.15, 0.2) is 168 Å². The SMILES string of the molecule is C[Si]1(C)c2cc(-c3ccccc3)ccc2-c2cccc(-c3nc(-c4ccccc4)nc(-c4cccc5c4oc4cc(-c6ccccc6)ccc45)n3)c21. The Hall–Kier alpha value is -6.43. The highest BCUT2D eigenvalue weighted by Crippen LogP contribution is 2.39. The van der Waals surface area contributed by atoms with Gasteiger partial charge in [0.15, 0.2) is 17.5 Å². The van der Waals surface area contributed by atoms with Gasteiger partial charge in [-0.1, -0.05) is 159 Å². The molecule has 10 rings (SSSR count). The fourth-order valence-electron chi connectivity index (χ4n) is 8.00. The van der Waals surface area contributed by atoms with Crippen LogP contribution >= 0.6 is 0 Å². The number of furan rings is 1. The second-order valence-corrected chi connectivity index (χ2v) is 18.3. The molecule has 1 aliphatic heterocycles. The van der Waals surface area contributed by atoms with Crippen molar-refractivity contribution in [3.8, 4) is 67.5 Å². The Morgan fingerprint density at radius 1 is 0.404 bits per heavy atom. The maximum atomic E-state index is 6.69. The number of rotatable bonds is 5. The van der Waals surface area contributed by atoms with E-state index < -0.39 is 8.07 Å². The van der Waals surface area contributed by atoms with Gasteiger partial charge in [-0.25, -0.2) is 15.0 Å². The molecule has 4 nitrogen and oxygen atoms in total. The number of nitrogens with zero attached hydrogens (tertiary/aromatic N) is 3. The van der Waals surface area contributed by atoms with E-state index >= 15 is 0 Å². The number of hydrogen-bond donors (Lipinski definition) is 0. The second kappa shape index (κ2) is 11.8. The van der Waals surface area contributed by atoms with Crippen molar-refractivity contribution in [3.05, 3.63) is 164 Å². The van der Waals surface area contributed by atoms with Crippen molar-refractivity contribution in [2.75, 3.05) is 0 Å². The molecule has 0 fully saturated rings. The molecule has 246 valence electrons. The van der Waals surface area contributed by atoms with Crippen LogP contribution in [0.1, 0.15) is 0 Å². The maximum Gasteiger partial charge on any atom is 0.167 e. The topological polar surface area (TPSA) is 51.8 Å². The van der Waals surface area contributed by atoms with Crippen molar-refractivity contribution in [2.45, 2.75) is 13.1 Å². The first kappa shape index (κ1) is 30.4. The Balaban J connectivity index is 1.16. The third-order valence-corrected chi connectivity index (χ3v) is 14.1. The van der Waals surface area contributed by atoms with Crippen LogP contribution in [0.5, 0.6) is 0 Å². The normalized spacial score (nSPS) is 13.0. The van der Waals surface area contributed by atoms with Gasteiger partial charge in [-0.2, -0.15) is 0 Å². The Bertz CT molecular complexity index is 2810. The average molecular weight is 684 g/mol. The Kier molecular flexibility index (Phi) is 6.91. The fourth-order valence-corrected chi connectivity index (χ4v) is 11.4. The van der Waals surface area contributed by atoms with Crippen LogP contribution in [0.4, 0.5) is 0 Å². The first-order valence-corrected chi connectivity index (χ1v) is 20.7. The summed E-state index contributed by atoms with van der Waals surface area (Å²) < 4.78 is 6.69. The van der Waals surface area contributed by atoms with Gasteiger partial charge in [-0.05, 0) is 62.0 Å². The summed E-state index contributed by atoms with van der Waals surface area (Å²) in [6.45, 7) is 4.91. The van der Waals surface area contributed by atoms with Crippen molar-refractivity contribution in [3.63, 3.8) is 0 Å². The molecule has 9 aromatic rings. The first-order valence-electron chi connectivity index (χ1n) is 17.7. The van der Waals surface area contributed by atoms with Gasteiger partial charge >= 0.3 is 0 Å². The average Bonchev–Trinajstić information content (AvgIpc) is 3.70. The highest BCUT2D eigenvalue weighted by molar-refractivity contribution is 7.04. The molecule has 1 aliphatic rings. The van der Waals surface area contributed by atoms with Crippen LogP contribution < -0.4 is 10.4 Å². The third kappa shape index (κ3) is 4.85. The van der Waals surface area contributed by atoms with Crippen LogP contribution in [0.3, 0.4) is 0 Å². The minimum atomic E-state index is -2.18. The molecule has 0 radical (unpaired) electrons. The molecule has 0 aliphatic carbocycles. The summed E-state index contributed by atoms with van der Waals surface area (Å²) in [6, 6.07) is 57.5. The molecule has 0 spiro atoms. The van der Waals surface area contributed by atoms with Gasteiger partial charge in [0.1, 0.15) is 19.2 Å². The van der Waals surface area contributed by atoms with Gasteiger partial charge in [-0.3, -0.25) is 0 Å². The molecule has 2 aromatic heterocycles. The maximum absolute atomic E-state index is 6.69. The van der Waals surface area contributed by atoms with E-state index in [0.29, 0.717) is 17.5 Å². The van der Waals surface area contributed by atoms with E-state index in [9.17, 15) is 0 Å². The molecule has 52 heavy (non-hydrogen) atoms. The lowest BCUT2D eigenvalue weighted by atomic mass is 9.99. The molecule has 0 saturated heterocycles. The number of fused-ring (bicyclic) bond motifs is 6. The molecule has 5 heteroatoms. The predicted octanol–water partition coefficient (Wildman–Crippen LogP) is 10.9. The Morgan fingerprint density at radius 3 is 1.67 bits per heavy atom. The lowest BCUT2D eigenvalue weighted by molar-refractivity contribution is 0.669. The summed E-state index contributed by atoms with van der Waals surface area (Å²) in [4.78, 5) is 15.6. The van der Waals surface area contributed by atoms with Gasteiger partial charge in [-0.15, -0.1) is 0 Å². The van der Waals surface area contributed by atoms with Crippen LogP contribution in [0.2, 0.25) is 13.1 Å². The molecule has 0 N–H and O–H groups in total. The lowest BCUT2D eigenvalue weighted by Crippen LogP contribution is -2.50. The first-order chi connectivity index (χ1) is 25.5. The van der Waals surface area contributed by atoms with Gasteiger partial charge in [0.2, 0.25) is 0 Å². The van der Waals surface area contributed by atoms with E-state index in [4.69, 9.17) is 19.4 Å². The summed E-state index contributed by atoms with van der Waals surface area (Å²) in [7, 11) is -2.18. The third-order valence-electron chi connectivity index (χ3n) is 10.5. The summed E-state index contributed by atoms with van der Waals surface area (Å²) >= 11 is 0. The van der Waals surface area contributed by atoms with Crippen LogP contribution in [-0.2, 0) is 0 Å². The van der Waals surface area contributed by atoms with Gasteiger partial charge in [0, 0.05) is 21.9 Å². The van der Waals surface area contributed by atoms with E-state index in [1.807, 2.05) is 24.3 Å². The van der Waals surface area contributed by atoms with E-state index in [2.05, 4.69) is 153 Å². The number of benzene rings is 7. The molecular weight excluding hydrogens is 651 g/mol. The fraction of sp³-hybridized carbons (Fsp3) is 0.0426. The Morgan fingerprint density at radius 2 is 0.962 bits per heavy atom. The minimum absolute atomic E-state index is 0.593. The van der Waals surface area contributed by atoms with Gasteiger partial charge < -0.3 is 4.42 Å². The smallest absolute Gasteiger partial charge is 0.167 e. The molecule has 0 amide bonds. The molecular formula is C47H33N3OSi. The van der Waals surface area contributed by atoms with E-state index in [-0.39, 0.29) is 0 Å². The zero-order valence-corrected chi connectivity index (χ0v) is 29.8. The molecule has 3 heterocycles. The van der Waals surface area contributed by atoms with E-state index in [0.717, 1.165) is 49.8 Å². The van der Waals surface area contributed by atoms with Crippen molar-refractivity contribution >= 4 is 40.4 Å². The summed E-state index contributed by atoms with van der Waals surface area (Å²) in [5.41, 5.74) is 11.8. The minimum Gasteiger partial charge on any atom is -0.455 e. The molecule has 7 aromatic carbocycles. The van der Waals surface area contributed by atoms with Gasteiger partial charge in [0.05, 0.1) is 5.56 Å². The van der Waals surface area contributed by atoms with Crippen LogP contribution in [-0.4, -0.2) is 23.0 Å². The number of hydrogen-bond acceptors (Lipinski definition) is 4. The largest absolute Gasteiger partial charge is 0.455 e. The van der Waals surface area contributed by atoms with E-state index in [1.165, 1.54) is 32.6 Å². The number of aromatic nitrogens is 3. The van der Waals surface area contributed by atoms with Crippen molar-refractivity contribution in [1.29, 1.82) is 0 Å². The molecule has 0 atom stereocenters.